The summed E-state index contributed by atoms with van der Waals surface area (Å²) >= 11 is 0. The van der Waals surface area contributed by atoms with Crippen LogP contribution in [-0.2, 0) is 9.09 Å². The third kappa shape index (κ3) is 2.25. The number of rotatable bonds is 2. The first kappa shape index (κ1) is 6.91. The summed E-state index contributed by atoms with van der Waals surface area (Å²) < 4.78 is 14.7. The Morgan fingerprint density at radius 2 is 2.56 bits per heavy atom. The van der Waals surface area contributed by atoms with E-state index in [1.807, 2.05) is 6.08 Å². The van der Waals surface area contributed by atoms with E-state index in [9.17, 15) is 4.57 Å². The predicted molar refractivity (Wildman–Crippen MR) is 35.5 cm³/mol. The zero-order valence-corrected chi connectivity index (χ0v) is 6.01. The van der Waals surface area contributed by atoms with Gasteiger partial charge in [-0.25, -0.2) is 4.57 Å². The number of allylic oxidation sites excluding steroid dienone is 1. The molecule has 0 saturated heterocycles. The van der Waals surface area contributed by atoms with E-state index in [1.54, 1.807) is 0 Å². The van der Waals surface area contributed by atoms with Crippen molar-refractivity contribution in [1.29, 1.82) is 0 Å². The maximum absolute atomic E-state index is 9.91. The largest absolute Gasteiger partial charge is 0.327 e. The van der Waals surface area contributed by atoms with Crippen molar-refractivity contribution in [2.75, 3.05) is 0 Å². The molecule has 0 fully saturated rings. The van der Waals surface area contributed by atoms with Gasteiger partial charge in [-0.15, -0.1) is 0 Å². The molecule has 0 spiro atoms. The zero-order chi connectivity index (χ0) is 6.53. The molecule has 1 unspecified atom stereocenters. The van der Waals surface area contributed by atoms with Gasteiger partial charge < -0.3 is 0 Å². The van der Waals surface area contributed by atoms with Gasteiger partial charge in [-0.1, -0.05) is 12.2 Å². The van der Waals surface area contributed by atoms with Crippen molar-refractivity contribution in [3.63, 3.8) is 0 Å². The lowest BCUT2D eigenvalue weighted by molar-refractivity contribution is 0.252. The molecule has 9 heavy (non-hydrogen) atoms. The standard InChI is InChI=1S/C6H9O2P/c7-9-8-6-4-2-1-3-5-6/h2,4,6H,1,3,5H2. The van der Waals surface area contributed by atoms with Crippen molar-refractivity contribution in [2.24, 2.45) is 0 Å². The van der Waals surface area contributed by atoms with Crippen molar-refractivity contribution >= 4 is 8.69 Å². The quantitative estimate of drug-likeness (QED) is 0.439. The molecule has 1 aliphatic rings. The molecule has 0 aliphatic heterocycles. The van der Waals surface area contributed by atoms with E-state index in [0.717, 1.165) is 19.3 Å². The van der Waals surface area contributed by atoms with Crippen molar-refractivity contribution in [3.05, 3.63) is 12.2 Å². The second kappa shape index (κ2) is 3.76. The molecule has 0 aromatic heterocycles. The summed E-state index contributed by atoms with van der Waals surface area (Å²) in [6, 6.07) is 0. The molecule has 0 aromatic carbocycles. The highest BCUT2D eigenvalue weighted by molar-refractivity contribution is 7.17. The van der Waals surface area contributed by atoms with Crippen LogP contribution >= 0.6 is 8.69 Å². The molecule has 0 N–H and O–H groups in total. The Bertz CT molecular complexity index is 122. The normalized spacial score (nSPS) is 26.9. The summed E-state index contributed by atoms with van der Waals surface area (Å²) in [5.74, 6) is 0. The summed E-state index contributed by atoms with van der Waals surface area (Å²) in [4.78, 5) is 0. The second-order valence-corrected chi connectivity index (χ2v) is 2.44. The van der Waals surface area contributed by atoms with E-state index in [0.29, 0.717) is 0 Å². The van der Waals surface area contributed by atoms with Crippen LogP contribution in [0.4, 0.5) is 0 Å². The molecule has 0 saturated carbocycles. The van der Waals surface area contributed by atoms with Crippen LogP contribution in [0.25, 0.3) is 0 Å². The predicted octanol–water partition coefficient (Wildman–Crippen LogP) is 2.32. The fourth-order valence-corrected chi connectivity index (χ4v) is 1.21. The highest BCUT2D eigenvalue weighted by Crippen LogP contribution is 2.16. The molecule has 1 aliphatic carbocycles. The van der Waals surface area contributed by atoms with E-state index in [-0.39, 0.29) is 14.8 Å². The Morgan fingerprint density at radius 1 is 1.67 bits per heavy atom. The molecule has 3 heteroatoms. The molecule has 1 atom stereocenters. The third-order valence-electron chi connectivity index (χ3n) is 1.39. The lowest BCUT2D eigenvalue weighted by atomic mass is 10.1. The fraction of sp³-hybridized carbons (Fsp3) is 0.667. The van der Waals surface area contributed by atoms with Gasteiger partial charge in [0.2, 0.25) is 0 Å². The van der Waals surface area contributed by atoms with Gasteiger partial charge in [0, 0.05) is 0 Å². The van der Waals surface area contributed by atoms with Crippen molar-refractivity contribution < 1.29 is 9.09 Å². The van der Waals surface area contributed by atoms with Gasteiger partial charge >= 0.3 is 8.69 Å². The van der Waals surface area contributed by atoms with E-state index in [4.69, 9.17) is 4.52 Å². The Labute approximate surface area is 56.2 Å². The molecule has 0 amide bonds. The van der Waals surface area contributed by atoms with Crippen LogP contribution in [-0.4, -0.2) is 6.10 Å². The molecular weight excluding hydrogens is 135 g/mol. The lowest BCUT2D eigenvalue weighted by Crippen LogP contribution is -2.06. The second-order valence-electron chi connectivity index (χ2n) is 2.08. The highest BCUT2D eigenvalue weighted by atomic mass is 31.1. The fourth-order valence-electron chi connectivity index (χ4n) is 0.924. The summed E-state index contributed by atoms with van der Waals surface area (Å²) in [5.41, 5.74) is 0. The van der Waals surface area contributed by atoms with Crippen LogP contribution in [0.2, 0.25) is 0 Å². The lowest BCUT2D eigenvalue weighted by Gasteiger charge is -2.11. The van der Waals surface area contributed by atoms with Crippen molar-refractivity contribution in [3.8, 4) is 0 Å². The molecule has 1 rings (SSSR count). The van der Waals surface area contributed by atoms with Gasteiger partial charge in [0.25, 0.3) is 0 Å². The summed E-state index contributed by atoms with van der Waals surface area (Å²) in [7, 11) is -0.203. The van der Waals surface area contributed by atoms with Crippen LogP contribution in [0.15, 0.2) is 12.2 Å². The molecule has 0 radical (unpaired) electrons. The van der Waals surface area contributed by atoms with Crippen LogP contribution in [0.3, 0.4) is 0 Å². The van der Waals surface area contributed by atoms with Gasteiger partial charge in [0.05, 0.1) is 6.10 Å². The van der Waals surface area contributed by atoms with E-state index in [2.05, 4.69) is 6.08 Å². The minimum Gasteiger partial charge on any atom is -0.287 e. The van der Waals surface area contributed by atoms with Crippen LogP contribution in [0.5, 0.6) is 0 Å². The first-order valence-electron chi connectivity index (χ1n) is 3.08. The summed E-state index contributed by atoms with van der Waals surface area (Å²) in [6.07, 6.45) is 7.42. The molecule has 2 nitrogen and oxygen atoms in total. The Balaban J connectivity index is 2.31. The average Bonchev–Trinajstić information content (AvgIpc) is 1.91. The zero-order valence-electron chi connectivity index (χ0n) is 5.12. The number of hydrogen-bond acceptors (Lipinski definition) is 2. The smallest absolute Gasteiger partial charge is 0.287 e. The Kier molecular flexibility index (Phi) is 2.88. The van der Waals surface area contributed by atoms with E-state index in [1.165, 1.54) is 0 Å². The van der Waals surface area contributed by atoms with Gasteiger partial charge in [-0.3, -0.25) is 4.52 Å². The maximum Gasteiger partial charge on any atom is 0.327 e. The maximum atomic E-state index is 9.91. The number of hydrogen-bond donors (Lipinski definition) is 0. The Hall–Kier alpha value is -0.200. The molecule has 0 aromatic rings. The van der Waals surface area contributed by atoms with Gasteiger partial charge in [-0.05, 0) is 19.3 Å². The van der Waals surface area contributed by atoms with Crippen LogP contribution < -0.4 is 0 Å². The first-order valence-corrected chi connectivity index (χ1v) is 3.81. The van der Waals surface area contributed by atoms with Crippen LogP contribution in [0.1, 0.15) is 19.3 Å². The van der Waals surface area contributed by atoms with Crippen LogP contribution in [0, 0.1) is 0 Å². The van der Waals surface area contributed by atoms with Gasteiger partial charge in [0.1, 0.15) is 0 Å². The molecule has 0 heterocycles. The monoisotopic (exact) mass is 144 g/mol. The van der Waals surface area contributed by atoms with E-state index >= 15 is 0 Å². The van der Waals surface area contributed by atoms with Gasteiger partial charge in [-0.2, -0.15) is 0 Å². The Morgan fingerprint density at radius 3 is 3.11 bits per heavy atom. The van der Waals surface area contributed by atoms with Crippen molar-refractivity contribution in [1.82, 2.24) is 0 Å². The summed E-state index contributed by atoms with van der Waals surface area (Å²) in [5, 5.41) is 0. The van der Waals surface area contributed by atoms with E-state index < -0.39 is 0 Å². The van der Waals surface area contributed by atoms with Crippen molar-refractivity contribution in [2.45, 2.75) is 25.4 Å². The average molecular weight is 144 g/mol. The first-order chi connectivity index (χ1) is 4.43. The third-order valence-corrected chi connectivity index (χ3v) is 1.75. The topological polar surface area (TPSA) is 26.3 Å². The molecule has 50 valence electrons. The van der Waals surface area contributed by atoms with Gasteiger partial charge in [0.15, 0.2) is 0 Å². The minimum absolute atomic E-state index is 0.0953. The summed E-state index contributed by atoms with van der Waals surface area (Å²) in [6.45, 7) is 0. The molecular formula is C6H9O2P. The highest BCUT2D eigenvalue weighted by Gasteiger charge is 2.07. The SMILES string of the molecule is O=POC1C=CCCC1. The minimum atomic E-state index is -0.203. The molecule has 0 bridgehead atoms.